The number of hydrogen-bond donors (Lipinski definition) is 4. The van der Waals surface area contributed by atoms with Crippen LogP contribution in [0.1, 0.15) is 67.1 Å². The Hall–Kier alpha value is -4.54. The average Bonchev–Trinajstić information content (AvgIpc) is 3.06. The van der Waals surface area contributed by atoms with Gasteiger partial charge in [0.2, 0.25) is 0 Å². The van der Waals surface area contributed by atoms with E-state index in [2.05, 4.69) is 4.74 Å². The topological polar surface area (TPSA) is 193 Å². The van der Waals surface area contributed by atoms with Crippen LogP contribution in [0.25, 0.3) is 0 Å². The Balaban J connectivity index is 0.000000249. The molecule has 174 valence electrons. The number of esters is 2. The van der Waals surface area contributed by atoms with Gasteiger partial charge in [0.15, 0.2) is 0 Å². The van der Waals surface area contributed by atoms with Crippen molar-refractivity contribution < 1.29 is 53.9 Å². The molecule has 11 heteroatoms. The molecule has 2 aromatic rings. The number of rotatable bonds is 7. The van der Waals surface area contributed by atoms with Crippen LogP contribution in [0.5, 0.6) is 0 Å². The molecular weight excluding hydrogens is 440 g/mol. The van der Waals surface area contributed by atoms with E-state index in [0.717, 1.165) is 0 Å². The van der Waals surface area contributed by atoms with E-state index in [0.29, 0.717) is 24.0 Å². The second-order valence-electron chi connectivity index (χ2n) is 6.37. The third-order valence-corrected chi connectivity index (χ3v) is 3.97. The predicted molar refractivity (Wildman–Crippen MR) is 110 cm³/mol. The minimum absolute atomic E-state index is 0.0628. The molecule has 2 aromatic carbocycles. The van der Waals surface area contributed by atoms with Crippen LogP contribution in [0.3, 0.4) is 0 Å². The van der Waals surface area contributed by atoms with Gasteiger partial charge >= 0.3 is 35.8 Å². The molecule has 0 amide bonds. The number of fused-ring (bicyclic) bond motifs is 1. The standard InChI is InChI=1S/C8H6O4.C8H4O3.C6H10O4/c9-7(10)5-3-1-2-4-6(5)8(11)12;9-7-5-3-1-2-4-6(5)8(10)11-7;7-5(8)3-1-2-4-6(9)10/h1-4H,(H,9,10)(H,11,12);1-4H;1-4H2,(H,7,8)(H,9,10). The van der Waals surface area contributed by atoms with Gasteiger partial charge in [-0.15, -0.1) is 0 Å². The van der Waals surface area contributed by atoms with E-state index < -0.39 is 35.8 Å². The first-order valence-electron chi connectivity index (χ1n) is 9.39. The van der Waals surface area contributed by atoms with Gasteiger partial charge in [-0.3, -0.25) is 9.59 Å². The number of aromatic carboxylic acids is 2. The highest BCUT2D eigenvalue weighted by molar-refractivity contribution is 6.14. The molecule has 1 aliphatic rings. The van der Waals surface area contributed by atoms with Crippen LogP contribution in [-0.4, -0.2) is 56.2 Å². The Morgan fingerprint density at radius 3 is 1.24 bits per heavy atom. The lowest BCUT2D eigenvalue weighted by atomic mass is 10.1. The van der Waals surface area contributed by atoms with Crippen molar-refractivity contribution in [2.45, 2.75) is 25.7 Å². The number of carboxylic acid groups (broad SMARTS) is 4. The molecule has 1 heterocycles. The van der Waals surface area contributed by atoms with E-state index in [1.54, 1.807) is 24.3 Å². The van der Waals surface area contributed by atoms with Gasteiger partial charge in [0.1, 0.15) is 0 Å². The van der Waals surface area contributed by atoms with Crippen molar-refractivity contribution in [1.29, 1.82) is 0 Å². The number of unbranched alkanes of at least 4 members (excludes halogenated alkanes) is 1. The lowest BCUT2D eigenvalue weighted by molar-refractivity contribution is -0.139. The van der Waals surface area contributed by atoms with E-state index in [4.69, 9.17) is 20.4 Å². The Morgan fingerprint density at radius 1 is 0.606 bits per heavy atom. The smallest absolute Gasteiger partial charge is 0.346 e. The zero-order valence-corrected chi connectivity index (χ0v) is 17.1. The molecule has 0 unspecified atom stereocenters. The van der Waals surface area contributed by atoms with Crippen molar-refractivity contribution in [3.8, 4) is 0 Å². The molecule has 33 heavy (non-hydrogen) atoms. The summed E-state index contributed by atoms with van der Waals surface area (Å²) in [5, 5.41) is 33.4. The first kappa shape index (κ1) is 26.5. The summed E-state index contributed by atoms with van der Waals surface area (Å²) in [5.41, 5.74) is 0.338. The van der Waals surface area contributed by atoms with E-state index in [9.17, 15) is 28.8 Å². The minimum atomic E-state index is -1.23. The molecule has 3 rings (SSSR count). The van der Waals surface area contributed by atoms with Gasteiger partial charge < -0.3 is 25.2 Å². The SMILES string of the molecule is O=C(O)CCCCC(=O)O.O=C(O)c1ccccc1C(=O)O.O=C1OC(=O)c2ccccc21. The van der Waals surface area contributed by atoms with Gasteiger partial charge in [0, 0.05) is 12.8 Å². The minimum Gasteiger partial charge on any atom is -0.481 e. The summed E-state index contributed by atoms with van der Waals surface area (Å²) in [6.45, 7) is 0. The molecule has 0 saturated carbocycles. The highest BCUT2D eigenvalue weighted by Crippen LogP contribution is 2.18. The zero-order chi connectivity index (χ0) is 25.0. The molecule has 0 atom stereocenters. The quantitative estimate of drug-likeness (QED) is 0.270. The summed E-state index contributed by atoms with van der Waals surface area (Å²) in [6, 6.07) is 12.0. The molecule has 0 fully saturated rings. The maximum absolute atomic E-state index is 10.8. The van der Waals surface area contributed by atoms with E-state index in [1.165, 1.54) is 24.3 Å². The Morgan fingerprint density at radius 2 is 0.939 bits per heavy atom. The maximum Gasteiger partial charge on any atom is 0.346 e. The van der Waals surface area contributed by atoms with Crippen molar-refractivity contribution in [2.75, 3.05) is 0 Å². The summed E-state index contributed by atoms with van der Waals surface area (Å²) < 4.78 is 4.35. The van der Waals surface area contributed by atoms with Crippen LogP contribution in [-0.2, 0) is 14.3 Å². The van der Waals surface area contributed by atoms with Crippen LogP contribution in [0.4, 0.5) is 0 Å². The number of aliphatic carboxylic acids is 2. The Labute approximate surface area is 186 Å². The summed E-state index contributed by atoms with van der Waals surface area (Å²) in [5.74, 6) is -5.30. The molecule has 1 aliphatic heterocycles. The lowest BCUT2D eigenvalue weighted by Gasteiger charge is -1.98. The second-order valence-corrected chi connectivity index (χ2v) is 6.37. The number of hydrogen-bond acceptors (Lipinski definition) is 7. The fourth-order valence-corrected chi connectivity index (χ4v) is 2.44. The molecule has 0 radical (unpaired) electrons. The van der Waals surface area contributed by atoms with Crippen LogP contribution in [0.15, 0.2) is 48.5 Å². The number of carbonyl (C=O) groups is 6. The zero-order valence-electron chi connectivity index (χ0n) is 17.1. The van der Waals surface area contributed by atoms with Gasteiger partial charge in [-0.25, -0.2) is 19.2 Å². The molecule has 0 spiro atoms. The lowest BCUT2D eigenvalue weighted by Crippen LogP contribution is -2.06. The predicted octanol–water partition coefficient (Wildman–Crippen LogP) is 2.80. The van der Waals surface area contributed by atoms with Gasteiger partial charge in [0.05, 0.1) is 22.3 Å². The third-order valence-electron chi connectivity index (χ3n) is 3.97. The second kappa shape index (κ2) is 13.0. The average molecular weight is 460 g/mol. The Kier molecular flexibility index (Phi) is 10.4. The molecule has 0 aromatic heterocycles. The van der Waals surface area contributed by atoms with E-state index in [1.807, 2.05) is 0 Å². The normalized spacial score (nSPS) is 11.0. The van der Waals surface area contributed by atoms with Crippen molar-refractivity contribution in [3.05, 3.63) is 70.8 Å². The Bertz CT molecular complexity index is 974. The van der Waals surface area contributed by atoms with Crippen molar-refractivity contribution in [2.24, 2.45) is 0 Å². The number of benzene rings is 2. The monoisotopic (exact) mass is 460 g/mol. The first-order chi connectivity index (χ1) is 15.5. The highest BCUT2D eigenvalue weighted by atomic mass is 16.6. The molecule has 11 nitrogen and oxygen atoms in total. The van der Waals surface area contributed by atoms with Crippen molar-refractivity contribution in [3.63, 3.8) is 0 Å². The van der Waals surface area contributed by atoms with Crippen molar-refractivity contribution in [1.82, 2.24) is 0 Å². The van der Waals surface area contributed by atoms with Gasteiger partial charge in [-0.1, -0.05) is 24.3 Å². The van der Waals surface area contributed by atoms with E-state index >= 15 is 0 Å². The fourth-order valence-electron chi connectivity index (χ4n) is 2.44. The fraction of sp³-hybridized carbons (Fsp3) is 0.182. The van der Waals surface area contributed by atoms with Crippen LogP contribution < -0.4 is 0 Å². The number of carboxylic acids is 4. The van der Waals surface area contributed by atoms with Crippen molar-refractivity contribution >= 4 is 35.8 Å². The van der Waals surface area contributed by atoms with Gasteiger partial charge in [-0.2, -0.15) is 0 Å². The van der Waals surface area contributed by atoms with Crippen LogP contribution >= 0.6 is 0 Å². The summed E-state index contributed by atoms with van der Waals surface area (Å²) in [4.78, 5) is 62.4. The molecule has 0 bridgehead atoms. The van der Waals surface area contributed by atoms with E-state index in [-0.39, 0.29) is 24.0 Å². The molecule has 0 aliphatic carbocycles. The number of carbonyl (C=O) groups excluding carboxylic acids is 2. The maximum atomic E-state index is 10.8. The first-order valence-corrected chi connectivity index (χ1v) is 9.39. The highest BCUT2D eigenvalue weighted by Gasteiger charge is 2.28. The molecular formula is C22H20O11. The van der Waals surface area contributed by atoms with Gasteiger partial charge in [-0.05, 0) is 37.1 Å². The molecule has 4 N–H and O–H groups in total. The molecule has 0 saturated heterocycles. The largest absolute Gasteiger partial charge is 0.481 e. The summed E-state index contributed by atoms with van der Waals surface area (Å²) in [6.07, 6.45) is 1.02. The summed E-state index contributed by atoms with van der Waals surface area (Å²) in [7, 11) is 0. The number of ether oxygens (including phenoxy) is 1. The van der Waals surface area contributed by atoms with Crippen LogP contribution in [0.2, 0.25) is 0 Å². The third kappa shape index (κ3) is 9.00. The van der Waals surface area contributed by atoms with Crippen LogP contribution in [0, 0.1) is 0 Å². The van der Waals surface area contributed by atoms with Gasteiger partial charge in [0.25, 0.3) is 0 Å². The summed E-state index contributed by atoms with van der Waals surface area (Å²) >= 11 is 0. The number of cyclic esters (lactones) is 2.